The van der Waals surface area contributed by atoms with Crippen molar-refractivity contribution in [2.24, 2.45) is 0 Å². The van der Waals surface area contributed by atoms with Crippen molar-refractivity contribution in [1.29, 1.82) is 0 Å². The number of ether oxygens (including phenoxy) is 2. The molecule has 2 nitrogen and oxygen atoms in total. The van der Waals surface area contributed by atoms with Crippen molar-refractivity contribution in [3.8, 4) is 45.3 Å². The fourth-order valence-corrected chi connectivity index (χ4v) is 10.5. The molecule has 0 unspecified atom stereocenters. The Balaban J connectivity index is 1.29. The maximum atomic E-state index is 6.78. The zero-order chi connectivity index (χ0) is 34.9. The summed E-state index contributed by atoms with van der Waals surface area (Å²) in [5.74, 6) is 4.73. The maximum Gasteiger partial charge on any atom is 0.252 e. The number of para-hydroxylation sites is 2. The molecule has 0 amide bonds. The quantitative estimate of drug-likeness (QED) is 0.136. The first-order valence-corrected chi connectivity index (χ1v) is 19.0. The molecule has 0 aromatic heterocycles. The molecule has 8 aromatic carbocycles. The van der Waals surface area contributed by atoms with Gasteiger partial charge in [-0.15, -0.1) is 0 Å². The lowest BCUT2D eigenvalue weighted by atomic mass is 9.31. The molecular formula is C48H36B2O2. The molecule has 0 aliphatic carbocycles. The van der Waals surface area contributed by atoms with Gasteiger partial charge >= 0.3 is 0 Å². The van der Waals surface area contributed by atoms with Crippen molar-refractivity contribution in [3.63, 3.8) is 0 Å². The number of hydrogen-bond donors (Lipinski definition) is 0. The van der Waals surface area contributed by atoms with E-state index in [9.17, 15) is 0 Å². The minimum atomic E-state index is 0.101. The van der Waals surface area contributed by atoms with E-state index in [1.165, 1.54) is 110 Å². The summed E-state index contributed by atoms with van der Waals surface area (Å²) in [6.45, 7) is 14.0. The van der Waals surface area contributed by atoms with Crippen LogP contribution in [0.15, 0.2) is 97.1 Å². The molecule has 0 spiro atoms. The highest BCUT2D eigenvalue weighted by atomic mass is 16.5. The van der Waals surface area contributed by atoms with E-state index < -0.39 is 0 Å². The smallest absolute Gasteiger partial charge is 0.252 e. The fraction of sp³-hybridized carbons (Fsp3) is 0.167. The van der Waals surface area contributed by atoms with E-state index in [0.29, 0.717) is 11.8 Å². The molecular weight excluding hydrogens is 630 g/mol. The molecule has 0 saturated heterocycles. The van der Waals surface area contributed by atoms with Crippen LogP contribution >= 0.6 is 0 Å². The van der Waals surface area contributed by atoms with Crippen molar-refractivity contribution >= 4 is 78.5 Å². The highest BCUT2D eigenvalue weighted by molar-refractivity contribution is 7.01. The van der Waals surface area contributed by atoms with Gasteiger partial charge in [-0.25, -0.2) is 0 Å². The van der Waals surface area contributed by atoms with Crippen molar-refractivity contribution in [3.05, 3.63) is 119 Å². The van der Waals surface area contributed by atoms with Crippen LogP contribution in [0.3, 0.4) is 0 Å². The van der Waals surface area contributed by atoms with E-state index in [0.717, 1.165) is 23.0 Å². The third-order valence-electron chi connectivity index (χ3n) is 12.9. The van der Waals surface area contributed by atoms with Crippen molar-refractivity contribution in [2.45, 2.75) is 53.4 Å². The number of fused-ring (bicyclic) bond motifs is 8. The van der Waals surface area contributed by atoms with Crippen LogP contribution in [-0.2, 0) is 0 Å². The number of aryl methyl sites for hydroxylation is 2. The Hall–Kier alpha value is -5.47. The Labute approximate surface area is 304 Å². The topological polar surface area (TPSA) is 18.5 Å². The van der Waals surface area contributed by atoms with Crippen LogP contribution in [0.4, 0.5) is 0 Å². The Morgan fingerprint density at radius 2 is 0.846 bits per heavy atom. The molecule has 0 bridgehead atoms. The van der Waals surface area contributed by atoms with E-state index in [-0.39, 0.29) is 13.4 Å². The van der Waals surface area contributed by atoms with Crippen LogP contribution in [0.25, 0.3) is 54.6 Å². The van der Waals surface area contributed by atoms with E-state index >= 15 is 0 Å². The average molecular weight is 666 g/mol. The van der Waals surface area contributed by atoms with Gasteiger partial charge in [-0.1, -0.05) is 111 Å². The molecule has 12 rings (SSSR count). The summed E-state index contributed by atoms with van der Waals surface area (Å²) in [7, 11) is 0. The van der Waals surface area contributed by atoms with Crippen LogP contribution < -0.4 is 42.3 Å². The Morgan fingerprint density at radius 3 is 1.27 bits per heavy atom. The first-order chi connectivity index (χ1) is 25.3. The third-order valence-corrected chi connectivity index (χ3v) is 12.9. The van der Waals surface area contributed by atoms with Gasteiger partial charge in [0.2, 0.25) is 0 Å². The monoisotopic (exact) mass is 666 g/mol. The largest absolute Gasteiger partial charge is 0.458 e. The second-order valence-electron chi connectivity index (χ2n) is 16.4. The third kappa shape index (κ3) is 3.44. The molecule has 4 aliphatic heterocycles. The Morgan fingerprint density at radius 1 is 0.423 bits per heavy atom. The molecule has 0 N–H and O–H groups in total. The van der Waals surface area contributed by atoms with E-state index in [1.54, 1.807) is 0 Å². The molecule has 0 atom stereocenters. The van der Waals surface area contributed by atoms with E-state index in [1.807, 2.05) is 0 Å². The molecule has 246 valence electrons. The van der Waals surface area contributed by atoms with Gasteiger partial charge in [-0.05, 0) is 149 Å². The Kier molecular flexibility index (Phi) is 5.43. The highest BCUT2D eigenvalue weighted by Gasteiger charge is 2.44. The molecule has 0 fully saturated rings. The lowest BCUT2D eigenvalue weighted by molar-refractivity contribution is 0.486. The summed E-state index contributed by atoms with van der Waals surface area (Å²) in [6, 6.07) is 37.1. The Bertz CT molecular complexity index is 2750. The van der Waals surface area contributed by atoms with Crippen LogP contribution in [0.5, 0.6) is 23.0 Å². The number of rotatable bonds is 2. The molecule has 52 heavy (non-hydrogen) atoms. The summed E-state index contributed by atoms with van der Waals surface area (Å²) in [5, 5.41) is 8.38. The summed E-state index contributed by atoms with van der Waals surface area (Å²) in [4.78, 5) is 0. The summed E-state index contributed by atoms with van der Waals surface area (Å²) in [6.07, 6.45) is 0. The van der Waals surface area contributed by atoms with Gasteiger partial charge in [0.15, 0.2) is 0 Å². The van der Waals surface area contributed by atoms with Gasteiger partial charge in [0, 0.05) is 0 Å². The number of hydrogen-bond acceptors (Lipinski definition) is 2. The molecule has 4 aliphatic rings. The molecule has 0 saturated carbocycles. The highest BCUT2D eigenvalue weighted by Crippen LogP contribution is 2.48. The van der Waals surface area contributed by atoms with Gasteiger partial charge in [0.25, 0.3) is 13.4 Å². The van der Waals surface area contributed by atoms with Gasteiger partial charge in [-0.2, -0.15) is 0 Å². The van der Waals surface area contributed by atoms with Crippen LogP contribution in [0.1, 0.15) is 61.8 Å². The van der Waals surface area contributed by atoms with Crippen molar-refractivity contribution in [2.75, 3.05) is 0 Å². The SMILES string of the molecule is Cc1cc2c3c(cc4c(C)cc5c6c(cc1c3c46)B1c3ccccc3Oc3cc(C(C)C)cc-5c31)B1c3ccccc3Oc3cc(C(C)C)cc-2c31. The molecule has 8 aromatic rings. The fourth-order valence-electron chi connectivity index (χ4n) is 10.5. The summed E-state index contributed by atoms with van der Waals surface area (Å²) < 4.78 is 13.6. The molecule has 4 heterocycles. The maximum absolute atomic E-state index is 6.78. The predicted molar refractivity (Wildman–Crippen MR) is 221 cm³/mol. The van der Waals surface area contributed by atoms with Gasteiger partial charge in [0.05, 0.1) is 0 Å². The minimum Gasteiger partial charge on any atom is -0.458 e. The van der Waals surface area contributed by atoms with E-state index in [2.05, 4.69) is 139 Å². The standard InChI is InChI=1S/C48H36B2O2/c1-23(2)27-17-33-31-15-25(5)29-22-38-44-32(34-18-28(24(3)4)20-42-48(34)50(38)36-12-8-10-14-40(36)52-42)16-26(6)30-21-37(43(31)45(29)46(30)44)49-35-11-7-9-13-39(35)51-41(19-27)47(33)49/h7-24H,1-6H3. The van der Waals surface area contributed by atoms with Crippen LogP contribution in [0, 0.1) is 13.8 Å². The van der Waals surface area contributed by atoms with Gasteiger partial charge < -0.3 is 9.47 Å². The minimum absolute atomic E-state index is 0.101. The number of benzene rings is 8. The first kappa shape index (κ1) is 29.1. The zero-order valence-corrected chi connectivity index (χ0v) is 30.4. The van der Waals surface area contributed by atoms with E-state index in [4.69, 9.17) is 9.47 Å². The lowest BCUT2D eigenvalue weighted by Gasteiger charge is -2.37. The first-order valence-electron chi connectivity index (χ1n) is 19.0. The van der Waals surface area contributed by atoms with Crippen LogP contribution in [0.2, 0.25) is 0 Å². The van der Waals surface area contributed by atoms with Crippen molar-refractivity contribution in [1.82, 2.24) is 0 Å². The second-order valence-corrected chi connectivity index (χ2v) is 16.4. The summed E-state index contributed by atoms with van der Waals surface area (Å²) >= 11 is 0. The summed E-state index contributed by atoms with van der Waals surface area (Å²) in [5.41, 5.74) is 18.6. The van der Waals surface area contributed by atoms with Crippen molar-refractivity contribution < 1.29 is 9.47 Å². The van der Waals surface area contributed by atoms with Gasteiger partial charge in [-0.3, -0.25) is 0 Å². The molecule has 4 heteroatoms. The van der Waals surface area contributed by atoms with Crippen LogP contribution in [-0.4, -0.2) is 13.4 Å². The van der Waals surface area contributed by atoms with Gasteiger partial charge in [0.1, 0.15) is 23.0 Å². The second kappa shape index (κ2) is 9.69. The molecule has 0 radical (unpaired) electrons. The zero-order valence-electron chi connectivity index (χ0n) is 30.4. The lowest BCUT2D eigenvalue weighted by Crippen LogP contribution is -2.58. The average Bonchev–Trinajstić information content (AvgIpc) is 3.14. The normalized spacial score (nSPS) is 14.2. The predicted octanol–water partition coefficient (Wildman–Crippen LogP) is 8.65.